The molecule has 0 unspecified atom stereocenters. The second-order valence-electron chi connectivity index (χ2n) is 2.57. The van der Waals surface area contributed by atoms with Crippen LogP contribution in [0.3, 0.4) is 0 Å². The molecule has 0 saturated carbocycles. The number of rotatable bonds is 2. The van der Waals surface area contributed by atoms with Crippen LogP contribution in [0.4, 0.5) is 0 Å². The molecule has 0 fully saturated rings. The molecule has 0 bridgehead atoms. The van der Waals surface area contributed by atoms with Gasteiger partial charge in [-0.1, -0.05) is 12.2 Å². The van der Waals surface area contributed by atoms with E-state index >= 15 is 0 Å². The van der Waals surface area contributed by atoms with Gasteiger partial charge < -0.3 is 9.67 Å². The minimum Gasteiger partial charge on any atom is -0.477 e. The van der Waals surface area contributed by atoms with E-state index < -0.39 is 5.97 Å². The normalized spacial score (nSPS) is 10.8. The van der Waals surface area contributed by atoms with Gasteiger partial charge in [0.2, 0.25) is 0 Å². The third-order valence-corrected chi connectivity index (χ3v) is 1.60. The van der Waals surface area contributed by atoms with E-state index in [1.54, 1.807) is 23.9 Å². The van der Waals surface area contributed by atoms with Gasteiger partial charge >= 0.3 is 5.97 Å². The zero-order chi connectivity index (χ0) is 9.14. The van der Waals surface area contributed by atoms with Crippen LogP contribution in [0.5, 0.6) is 0 Å². The number of aromatic nitrogens is 1. The number of carbonyl (C=O) groups is 1. The van der Waals surface area contributed by atoms with E-state index in [-0.39, 0.29) is 0 Å². The van der Waals surface area contributed by atoms with Gasteiger partial charge in [0.25, 0.3) is 0 Å². The monoisotopic (exact) mass is 165 g/mol. The van der Waals surface area contributed by atoms with Crippen LogP contribution < -0.4 is 0 Å². The molecule has 0 atom stereocenters. The number of aryl methyl sites for hydroxylation is 1. The SMILES string of the molecule is C/C=C/c1cc(C(=O)O)n(C)c1. The fraction of sp³-hybridized carbons (Fsp3) is 0.222. The number of carboxylic acid groups (broad SMARTS) is 1. The predicted octanol–water partition coefficient (Wildman–Crippen LogP) is 1.76. The maximum Gasteiger partial charge on any atom is 0.352 e. The Balaban J connectivity index is 3.08. The highest BCUT2D eigenvalue weighted by Crippen LogP contribution is 2.08. The maximum absolute atomic E-state index is 10.6. The summed E-state index contributed by atoms with van der Waals surface area (Å²) in [5, 5.41) is 8.70. The molecule has 0 spiro atoms. The van der Waals surface area contributed by atoms with Crippen LogP contribution in [0.2, 0.25) is 0 Å². The van der Waals surface area contributed by atoms with Crippen molar-refractivity contribution in [1.29, 1.82) is 0 Å². The molecule has 1 aromatic heterocycles. The lowest BCUT2D eigenvalue weighted by atomic mass is 10.3. The number of hydrogen-bond donors (Lipinski definition) is 1. The topological polar surface area (TPSA) is 42.2 Å². The van der Waals surface area contributed by atoms with Gasteiger partial charge in [0.15, 0.2) is 0 Å². The first kappa shape index (κ1) is 8.59. The molecule has 0 saturated heterocycles. The Morgan fingerprint density at radius 3 is 2.75 bits per heavy atom. The molecule has 1 heterocycles. The first-order valence-corrected chi connectivity index (χ1v) is 3.67. The Morgan fingerprint density at radius 1 is 1.67 bits per heavy atom. The number of aromatic carboxylic acids is 1. The van der Waals surface area contributed by atoms with Crippen molar-refractivity contribution in [2.45, 2.75) is 6.92 Å². The highest BCUT2D eigenvalue weighted by Gasteiger charge is 2.07. The summed E-state index contributed by atoms with van der Waals surface area (Å²) < 4.78 is 1.59. The van der Waals surface area contributed by atoms with Crippen LogP contribution in [0.1, 0.15) is 23.0 Å². The van der Waals surface area contributed by atoms with E-state index in [2.05, 4.69) is 0 Å². The average Bonchev–Trinajstić information content (AvgIpc) is 2.32. The van der Waals surface area contributed by atoms with Crippen LogP contribution in [-0.4, -0.2) is 15.6 Å². The van der Waals surface area contributed by atoms with Gasteiger partial charge in [0.1, 0.15) is 5.69 Å². The van der Waals surface area contributed by atoms with Crippen molar-refractivity contribution in [3.8, 4) is 0 Å². The van der Waals surface area contributed by atoms with Gasteiger partial charge in [-0.15, -0.1) is 0 Å². The zero-order valence-corrected chi connectivity index (χ0v) is 7.11. The smallest absolute Gasteiger partial charge is 0.352 e. The molecule has 3 nitrogen and oxygen atoms in total. The fourth-order valence-corrected chi connectivity index (χ4v) is 1.09. The molecule has 3 heteroatoms. The molecule has 0 aliphatic rings. The van der Waals surface area contributed by atoms with Gasteiger partial charge in [-0.25, -0.2) is 4.79 Å². The van der Waals surface area contributed by atoms with Crippen LogP contribution in [0.15, 0.2) is 18.3 Å². The van der Waals surface area contributed by atoms with E-state index in [1.807, 2.05) is 19.1 Å². The number of nitrogens with zero attached hydrogens (tertiary/aromatic N) is 1. The van der Waals surface area contributed by atoms with Crippen molar-refractivity contribution >= 4 is 12.0 Å². The van der Waals surface area contributed by atoms with Crippen LogP contribution >= 0.6 is 0 Å². The van der Waals surface area contributed by atoms with Crippen LogP contribution in [0, 0.1) is 0 Å². The largest absolute Gasteiger partial charge is 0.477 e. The first-order valence-electron chi connectivity index (χ1n) is 3.67. The van der Waals surface area contributed by atoms with Crippen molar-refractivity contribution < 1.29 is 9.90 Å². The third-order valence-electron chi connectivity index (χ3n) is 1.60. The van der Waals surface area contributed by atoms with Crippen molar-refractivity contribution in [1.82, 2.24) is 4.57 Å². The number of hydrogen-bond acceptors (Lipinski definition) is 1. The Morgan fingerprint density at radius 2 is 2.33 bits per heavy atom. The molecule has 64 valence electrons. The number of carboxylic acids is 1. The van der Waals surface area contributed by atoms with Gasteiger partial charge in [-0.2, -0.15) is 0 Å². The Bertz CT molecular complexity index is 323. The highest BCUT2D eigenvalue weighted by atomic mass is 16.4. The molecule has 0 aromatic carbocycles. The van der Waals surface area contributed by atoms with Crippen molar-refractivity contribution in [3.63, 3.8) is 0 Å². The summed E-state index contributed by atoms with van der Waals surface area (Å²) in [6.45, 7) is 1.90. The van der Waals surface area contributed by atoms with E-state index in [1.165, 1.54) is 0 Å². The summed E-state index contributed by atoms with van der Waals surface area (Å²) >= 11 is 0. The zero-order valence-electron chi connectivity index (χ0n) is 7.11. The highest BCUT2D eigenvalue weighted by molar-refractivity contribution is 5.86. The van der Waals surface area contributed by atoms with Crippen molar-refractivity contribution in [2.24, 2.45) is 7.05 Å². The summed E-state index contributed by atoms with van der Waals surface area (Å²) in [5.41, 5.74) is 1.22. The summed E-state index contributed by atoms with van der Waals surface area (Å²) in [6.07, 6.45) is 5.52. The lowest BCUT2D eigenvalue weighted by Gasteiger charge is -1.92. The van der Waals surface area contributed by atoms with E-state index in [9.17, 15) is 4.79 Å². The lowest BCUT2D eigenvalue weighted by molar-refractivity contribution is 0.0686. The molecule has 1 aromatic rings. The van der Waals surface area contributed by atoms with Gasteiger partial charge in [0, 0.05) is 13.2 Å². The van der Waals surface area contributed by atoms with Gasteiger partial charge in [0.05, 0.1) is 0 Å². The molecule has 0 aliphatic heterocycles. The van der Waals surface area contributed by atoms with Crippen molar-refractivity contribution in [3.05, 3.63) is 29.6 Å². The van der Waals surface area contributed by atoms with Crippen LogP contribution in [-0.2, 0) is 7.05 Å². The lowest BCUT2D eigenvalue weighted by Crippen LogP contribution is -2.02. The van der Waals surface area contributed by atoms with Gasteiger partial charge in [-0.3, -0.25) is 0 Å². The second-order valence-corrected chi connectivity index (χ2v) is 2.57. The first-order chi connectivity index (χ1) is 5.65. The van der Waals surface area contributed by atoms with Crippen LogP contribution in [0.25, 0.3) is 6.08 Å². The average molecular weight is 165 g/mol. The quantitative estimate of drug-likeness (QED) is 0.725. The minimum absolute atomic E-state index is 0.308. The van der Waals surface area contributed by atoms with E-state index in [0.717, 1.165) is 5.56 Å². The second kappa shape index (κ2) is 3.26. The fourth-order valence-electron chi connectivity index (χ4n) is 1.09. The van der Waals surface area contributed by atoms with E-state index in [0.29, 0.717) is 5.69 Å². The molecule has 0 amide bonds. The summed E-state index contributed by atoms with van der Waals surface area (Å²) in [7, 11) is 1.72. The summed E-state index contributed by atoms with van der Waals surface area (Å²) in [4.78, 5) is 10.6. The molecular weight excluding hydrogens is 154 g/mol. The molecule has 0 radical (unpaired) electrons. The number of allylic oxidation sites excluding steroid dienone is 1. The maximum atomic E-state index is 10.6. The third kappa shape index (κ3) is 1.56. The van der Waals surface area contributed by atoms with Crippen molar-refractivity contribution in [2.75, 3.05) is 0 Å². The Labute approximate surface area is 70.9 Å². The molecular formula is C9H11NO2. The minimum atomic E-state index is -0.895. The van der Waals surface area contributed by atoms with E-state index in [4.69, 9.17) is 5.11 Å². The molecule has 0 aliphatic carbocycles. The molecule has 1 N–H and O–H groups in total. The summed E-state index contributed by atoms with van der Waals surface area (Å²) in [5.74, 6) is -0.895. The van der Waals surface area contributed by atoms with Gasteiger partial charge in [-0.05, 0) is 18.6 Å². The Kier molecular flexibility index (Phi) is 2.33. The predicted molar refractivity (Wildman–Crippen MR) is 47.1 cm³/mol. The summed E-state index contributed by atoms with van der Waals surface area (Å²) in [6, 6.07) is 1.64. The molecule has 12 heavy (non-hydrogen) atoms. The standard InChI is InChI=1S/C9H11NO2/c1-3-4-7-5-8(9(11)12)10(2)6-7/h3-6H,1-2H3,(H,11,12)/b4-3+. The Hall–Kier alpha value is -1.51. The molecule has 1 rings (SSSR count).